The van der Waals surface area contributed by atoms with Crippen LogP contribution in [-0.2, 0) is 6.42 Å². The summed E-state index contributed by atoms with van der Waals surface area (Å²) in [4.78, 5) is 12.0. The summed E-state index contributed by atoms with van der Waals surface area (Å²) in [7, 11) is 0. The Kier molecular flexibility index (Phi) is 4.35. The molecule has 0 aliphatic rings. The van der Waals surface area contributed by atoms with Gasteiger partial charge >= 0.3 is 0 Å². The molecule has 104 valence electrons. The molecule has 0 fully saturated rings. The Balaban J connectivity index is 2.15. The fraction of sp³-hybridized carbons (Fsp3) is 0.188. The average Bonchev–Trinajstić information content (AvgIpc) is 2.41. The second-order valence-electron chi connectivity index (χ2n) is 4.61. The van der Waals surface area contributed by atoms with E-state index in [1.807, 2.05) is 12.1 Å². The van der Waals surface area contributed by atoms with Crippen LogP contribution in [0.15, 0.2) is 42.5 Å². The minimum atomic E-state index is -0.620. The van der Waals surface area contributed by atoms with Gasteiger partial charge in [0.05, 0.1) is 5.56 Å². The van der Waals surface area contributed by atoms with Crippen molar-refractivity contribution in [2.24, 2.45) is 0 Å². The number of aryl methyl sites for hydroxylation is 1. The summed E-state index contributed by atoms with van der Waals surface area (Å²) in [6.07, 6.45) is 2.06. The Labute approximate surface area is 117 Å². The zero-order valence-corrected chi connectivity index (χ0v) is 11.3. The molecular formula is C16H17FN2O. The molecule has 0 aliphatic heterocycles. The predicted octanol–water partition coefficient (Wildman–Crippen LogP) is 3.61. The molecule has 0 heterocycles. The first-order valence-electron chi connectivity index (χ1n) is 6.56. The van der Waals surface area contributed by atoms with Gasteiger partial charge in [-0.25, -0.2) is 4.39 Å². The Bertz CT molecular complexity index is 588. The maximum Gasteiger partial charge on any atom is 0.260 e. The number of halogens is 1. The maximum absolute atomic E-state index is 13.6. The van der Waals surface area contributed by atoms with Crippen LogP contribution in [0.25, 0.3) is 0 Å². The third-order valence-electron chi connectivity index (χ3n) is 3.02. The second kappa shape index (κ2) is 6.19. The highest BCUT2D eigenvalue weighted by molar-refractivity contribution is 6.07. The number of hydrogen-bond donors (Lipinski definition) is 2. The normalized spacial score (nSPS) is 10.3. The van der Waals surface area contributed by atoms with Gasteiger partial charge in [0, 0.05) is 11.4 Å². The number of rotatable bonds is 4. The third-order valence-corrected chi connectivity index (χ3v) is 3.02. The SMILES string of the molecule is CCCc1ccc(NC(=O)c2c(N)cccc2F)cc1. The topological polar surface area (TPSA) is 55.1 Å². The summed E-state index contributed by atoms with van der Waals surface area (Å²) in [6.45, 7) is 2.11. The van der Waals surface area contributed by atoms with Crippen molar-refractivity contribution < 1.29 is 9.18 Å². The van der Waals surface area contributed by atoms with Crippen LogP contribution in [0.3, 0.4) is 0 Å². The Morgan fingerprint density at radius 2 is 1.90 bits per heavy atom. The molecule has 2 aromatic rings. The lowest BCUT2D eigenvalue weighted by Gasteiger charge is -2.09. The van der Waals surface area contributed by atoms with Crippen LogP contribution < -0.4 is 11.1 Å². The molecular weight excluding hydrogens is 255 g/mol. The van der Waals surface area contributed by atoms with Crippen LogP contribution in [-0.4, -0.2) is 5.91 Å². The van der Waals surface area contributed by atoms with E-state index in [1.165, 1.54) is 23.8 Å². The van der Waals surface area contributed by atoms with Crippen LogP contribution in [0.4, 0.5) is 15.8 Å². The number of anilines is 2. The summed E-state index contributed by atoms with van der Waals surface area (Å²) < 4.78 is 13.6. The first-order chi connectivity index (χ1) is 9.61. The number of hydrogen-bond acceptors (Lipinski definition) is 2. The van der Waals surface area contributed by atoms with E-state index in [0.717, 1.165) is 12.8 Å². The third kappa shape index (κ3) is 3.15. The first-order valence-corrected chi connectivity index (χ1v) is 6.56. The molecule has 3 N–H and O–H groups in total. The molecule has 0 aromatic heterocycles. The number of benzene rings is 2. The summed E-state index contributed by atoms with van der Waals surface area (Å²) >= 11 is 0. The average molecular weight is 272 g/mol. The van der Waals surface area contributed by atoms with Gasteiger partial charge in [-0.2, -0.15) is 0 Å². The summed E-state index contributed by atoms with van der Waals surface area (Å²) in [6, 6.07) is 11.7. The van der Waals surface area contributed by atoms with Crippen molar-refractivity contribution in [1.82, 2.24) is 0 Å². The van der Waals surface area contributed by atoms with Gasteiger partial charge in [-0.05, 0) is 36.2 Å². The number of nitrogens with one attached hydrogen (secondary N) is 1. The number of carbonyl (C=O) groups is 1. The molecule has 4 heteroatoms. The van der Waals surface area contributed by atoms with E-state index in [2.05, 4.69) is 12.2 Å². The van der Waals surface area contributed by atoms with Crippen LogP contribution in [0.1, 0.15) is 29.3 Å². The van der Waals surface area contributed by atoms with Gasteiger partial charge in [0.2, 0.25) is 0 Å². The molecule has 2 rings (SSSR count). The lowest BCUT2D eigenvalue weighted by Crippen LogP contribution is -2.16. The highest BCUT2D eigenvalue weighted by Gasteiger charge is 2.15. The lowest BCUT2D eigenvalue weighted by atomic mass is 10.1. The molecule has 0 atom stereocenters. The van der Waals surface area contributed by atoms with Gasteiger partial charge in [0.15, 0.2) is 0 Å². The molecule has 1 amide bonds. The standard InChI is InChI=1S/C16H17FN2O/c1-2-4-11-7-9-12(10-8-11)19-16(20)15-13(17)5-3-6-14(15)18/h3,5-10H,2,4,18H2,1H3,(H,19,20). The van der Waals surface area contributed by atoms with Gasteiger partial charge in [0.25, 0.3) is 5.91 Å². The minimum absolute atomic E-state index is 0.120. The summed E-state index contributed by atoms with van der Waals surface area (Å²) in [5, 5.41) is 2.65. The number of carbonyl (C=O) groups excluding carboxylic acids is 1. The molecule has 2 aromatic carbocycles. The number of nitrogens with two attached hydrogens (primary N) is 1. The van der Waals surface area contributed by atoms with E-state index in [0.29, 0.717) is 5.69 Å². The van der Waals surface area contributed by atoms with Crippen molar-refractivity contribution in [1.29, 1.82) is 0 Å². The molecule has 0 unspecified atom stereocenters. The van der Waals surface area contributed by atoms with E-state index in [1.54, 1.807) is 12.1 Å². The van der Waals surface area contributed by atoms with E-state index < -0.39 is 11.7 Å². The lowest BCUT2D eigenvalue weighted by molar-refractivity contribution is 0.102. The quantitative estimate of drug-likeness (QED) is 0.835. The van der Waals surface area contributed by atoms with Crippen molar-refractivity contribution >= 4 is 17.3 Å². The van der Waals surface area contributed by atoms with Crippen LogP contribution in [0.2, 0.25) is 0 Å². The van der Waals surface area contributed by atoms with Gasteiger partial charge in [-0.15, -0.1) is 0 Å². The van der Waals surface area contributed by atoms with Gasteiger partial charge in [0.1, 0.15) is 5.82 Å². The first kappa shape index (κ1) is 14.1. The smallest absolute Gasteiger partial charge is 0.260 e. The number of amides is 1. The zero-order valence-electron chi connectivity index (χ0n) is 11.3. The van der Waals surface area contributed by atoms with Gasteiger partial charge in [-0.3, -0.25) is 4.79 Å². The summed E-state index contributed by atoms with van der Waals surface area (Å²) in [5.74, 6) is -1.16. The predicted molar refractivity (Wildman–Crippen MR) is 79.2 cm³/mol. The molecule has 0 spiro atoms. The molecule has 0 radical (unpaired) electrons. The minimum Gasteiger partial charge on any atom is -0.398 e. The second-order valence-corrected chi connectivity index (χ2v) is 4.61. The van der Waals surface area contributed by atoms with Crippen molar-refractivity contribution in [2.75, 3.05) is 11.1 Å². The molecule has 0 aliphatic carbocycles. The van der Waals surface area contributed by atoms with Crippen LogP contribution >= 0.6 is 0 Å². The molecule has 20 heavy (non-hydrogen) atoms. The highest BCUT2D eigenvalue weighted by atomic mass is 19.1. The van der Waals surface area contributed by atoms with E-state index in [4.69, 9.17) is 5.73 Å². The Hall–Kier alpha value is -2.36. The van der Waals surface area contributed by atoms with Crippen LogP contribution in [0, 0.1) is 5.82 Å². The zero-order chi connectivity index (χ0) is 14.5. The molecule has 0 bridgehead atoms. The highest BCUT2D eigenvalue weighted by Crippen LogP contribution is 2.18. The van der Waals surface area contributed by atoms with Crippen molar-refractivity contribution in [3.05, 3.63) is 59.4 Å². The van der Waals surface area contributed by atoms with Crippen molar-refractivity contribution in [2.45, 2.75) is 19.8 Å². The van der Waals surface area contributed by atoms with E-state index >= 15 is 0 Å². The number of nitrogen functional groups attached to an aromatic ring is 1. The monoisotopic (exact) mass is 272 g/mol. The van der Waals surface area contributed by atoms with Crippen molar-refractivity contribution in [3.8, 4) is 0 Å². The Morgan fingerprint density at radius 1 is 1.20 bits per heavy atom. The fourth-order valence-electron chi connectivity index (χ4n) is 2.02. The van der Waals surface area contributed by atoms with E-state index in [9.17, 15) is 9.18 Å². The molecule has 3 nitrogen and oxygen atoms in total. The van der Waals surface area contributed by atoms with Crippen molar-refractivity contribution in [3.63, 3.8) is 0 Å². The molecule has 0 saturated carbocycles. The van der Waals surface area contributed by atoms with Gasteiger partial charge in [-0.1, -0.05) is 31.5 Å². The molecule has 0 saturated heterocycles. The summed E-state index contributed by atoms with van der Waals surface area (Å²) in [5.41, 5.74) is 7.48. The largest absolute Gasteiger partial charge is 0.398 e. The van der Waals surface area contributed by atoms with Crippen LogP contribution in [0.5, 0.6) is 0 Å². The Morgan fingerprint density at radius 3 is 2.50 bits per heavy atom. The van der Waals surface area contributed by atoms with E-state index in [-0.39, 0.29) is 11.3 Å². The van der Waals surface area contributed by atoms with Gasteiger partial charge < -0.3 is 11.1 Å². The maximum atomic E-state index is 13.6. The fourth-order valence-corrected chi connectivity index (χ4v) is 2.02.